The summed E-state index contributed by atoms with van der Waals surface area (Å²) >= 11 is 0. The number of hydrogen-bond acceptors (Lipinski definition) is 1. The molecule has 0 saturated heterocycles. The molecule has 0 atom stereocenters. The minimum Gasteiger partial charge on any atom is -0.361 e. The molecule has 3 N–H and O–H groups in total. The van der Waals surface area contributed by atoms with Crippen molar-refractivity contribution in [2.75, 3.05) is 13.6 Å². The first-order valence-corrected chi connectivity index (χ1v) is 8.21. The van der Waals surface area contributed by atoms with Crippen molar-refractivity contribution in [3.63, 3.8) is 0 Å². The average Bonchev–Trinajstić information content (AvgIpc) is 3.02. The number of nitrogens with one attached hydrogen (secondary N) is 3. The first-order valence-electron chi connectivity index (χ1n) is 8.21. The third kappa shape index (κ3) is 4.17. The van der Waals surface area contributed by atoms with Crippen molar-refractivity contribution in [1.82, 2.24) is 15.6 Å². The first kappa shape index (κ1) is 17.8. The van der Waals surface area contributed by atoms with Gasteiger partial charge in [-0.25, -0.2) is 13.2 Å². The molecule has 7 heteroatoms. The van der Waals surface area contributed by atoms with Crippen LogP contribution in [0.3, 0.4) is 0 Å². The Kier molecular flexibility index (Phi) is 5.46. The standard InChI is InChI=1S/C19H19F3N4/c1-23-19(26-11-13-8-14(20)2-4-17(13)22)24-7-6-12-10-25-18-5-3-15(21)9-16(12)18/h2-5,8-10,25H,6-7,11H2,1H3,(H2,23,24,26). The highest BCUT2D eigenvalue weighted by molar-refractivity contribution is 5.83. The molecule has 0 aliphatic heterocycles. The van der Waals surface area contributed by atoms with Gasteiger partial charge >= 0.3 is 0 Å². The predicted molar refractivity (Wildman–Crippen MR) is 96.5 cm³/mol. The van der Waals surface area contributed by atoms with Crippen molar-refractivity contribution in [1.29, 1.82) is 0 Å². The summed E-state index contributed by atoms with van der Waals surface area (Å²) in [5, 5.41) is 6.89. The Hall–Kier alpha value is -2.96. The molecule has 0 fully saturated rings. The van der Waals surface area contributed by atoms with Crippen molar-refractivity contribution in [2.24, 2.45) is 4.99 Å². The molecule has 0 saturated carbocycles. The van der Waals surface area contributed by atoms with E-state index in [0.29, 0.717) is 18.9 Å². The number of halogens is 3. The zero-order chi connectivity index (χ0) is 18.5. The topological polar surface area (TPSA) is 52.2 Å². The van der Waals surface area contributed by atoms with E-state index in [1.165, 1.54) is 12.1 Å². The largest absolute Gasteiger partial charge is 0.361 e. The summed E-state index contributed by atoms with van der Waals surface area (Å²) in [6, 6.07) is 7.94. The maximum Gasteiger partial charge on any atom is 0.191 e. The molecule has 136 valence electrons. The highest BCUT2D eigenvalue weighted by atomic mass is 19.1. The number of aliphatic imine (C=N–C) groups is 1. The van der Waals surface area contributed by atoms with E-state index >= 15 is 0 Å². The Balaban J connectivity index is 1.55. The number of aromatic amines is 1. The summed E-state index contributed by atoms with van der Waals surface area (Å²) < 4.78 is 40.2. The van der Waals surface area contributed by atoms with E-state index in [1.807, 2.05) is 6.20 Å². The van der Waals surface area contributed by atoms with Gasteiger partial charge in [-0.2, -0.15) is 0 Å². The minimum atomic E-state index is -0.488. The summed E-state index contributed by atoms with van der Waals surface area (Å²) in [5.74, 6) is -0.770. The lowest BCUT2D eigenvalue weighted by molar-refractivity contribution is 0.581. The van der Waals surface area contributed by atoms with E-state index < -0.39 is 11.6 Å². The van der Waals surface area contributed by atoms with Crippen molar-refractivity contribution >= 4 is 16.9 Å². The third-order valence-electron chi connectivity index (χ3n) is 4.09. The van der Waals surface area contributed by atoms with Gasteiger partial charge in [-0.1, -0.05) is 0 Å². The third-order valence-corrected chi connectivity index (χ3v) is 4.09. The molecule has 0 radical (unpaired) electrons. The van der Waals surface area contributed by atoms with Crippen LogP contribution in [0.15, 0.2) is 47.6 Å². The van der Waals surface area contributed by atoms with Gasteiger partial charge in [0.2, 0.25) is 0 Å². The molecule has 0 aliphatic rings. The lowest BCUT2D eigenvalue weighted by atomic mass is 10.1. The van der Waals surface area contributed by atoms with E-state index in [9.17, 15) is 13.2 Å². The van der Waals surface area contributed by atoms with Gasteiger partial charge in [0.25, 0.3) is 0 Å². The SMILES string of the molecule is CN=C(NCCc1c[nH]c2ccc(F)cc12)NCc1cc(F)ccc1F. The molecule has 2 aromatic carbocycles. The smallest absolute Gasteiger partial charge is 0.191 e. The molecule has 4 nitrogen and oxygen atoms in total. The molecule has 3 rings (SSSR count). The predicted octanol–water partition coefficient (Wildman–Crippen LogP) is 3.49. The van der Waals surface area contributed by atoms with Crippen LogP contribution >= 0.6 is 0 Å². The van der Waals surface area contributed by atoms with Gasteiger partial charge in [-0.15, -0.1) is 0 Å². The van der Waals surface area contributed by atoms with Gasteiger partial charge in [0.05, 0.1) is 0 Å². The molecule has 1 aromatic heterocycles. The van der Waals surface area contributed by atoms with Crippen LogP contribution in [-0.2, 0) is 13.0 Å². The van der Waals surface area contributed by atoms with E-state index in [4.69, 9.17) is 0 Å². The van der Waals surface area contributed by atoms with E-state index in [0.717, 1.165) is 34.7 Å². The Bertz CT molecular complexity index is 934. The van der Waals surface area contributed by atoms with Crippen LogP contribution in [0.2, 0.25) is 0 Å². The Morgan fingerprint density at radius 2 is 1.77 bits per heavy atom. The average molecular weight is 360 g/mol. The molecule has 3 aromatic rings. The van der Waals surface area contributed by atoms with Crippen LogP contribution in [0, 0.1) is 17.5 Å². The summed E-state index contributed by atoms with van der Waals surface area (Å²) in [5.41, 5.74) is 2.09. The lowest BCUT2D eigenvalue weighted by Crippen LogP contribution is -2.38. The maximum atomic E-state index is 13.6. The molecule has 1 heterocycles. The Morgan fingerprint density at radius 1 is 1.00 bits per heavy atom. The van der Waals surface area contributed by atoms with Crippen LogP contribution in [0.1, 0.15) is 11.1 Å². The number of hydrogen-bond donors (Lipinski definition) is 3. The van der Waals surface area contributed by atoms with Crippen LogP contribution in [-0.4, -0.2) is 24.5 Å². The molecule has 0 amide bonds. The fourth-order valence-corrected chi connectivity index (χ4v) is 2.75. The quantitative estimate of drug-likeness (QED) is 0.482. The number of H-pyrrole nitrogens is 1. The number of aromatic nitrogens is 1. The fraction of sp³-hybridized carbons (Fsp3) is 0.211. The van der Waals surface area contributed by atoms with Gasteiger partial charge in [-0.3, -0.25) is 4.99 Å². The molecule has 0 aliphatic carbocycles. The number of guanidine groups is 1. The van der Waals surface area contributed by atoms with Crippen LogP contribution < -0.4 is 10.6 Å². The van der Waals surface area contributed by atoms with Gasteiger partial charge < -0.3 is 15.6 Å². The second-order valence-corrected chi connectivity index (χ2v) is 5.84. The molecular formula is C19H19F3N4. The number of rotatable bonds is 5. The first-order chi connectivity index (χ1) is 12.6. The minimum absolute atomic E-state index is 0.113. The second-order valence-electron chi connectivity index (χ2n) is 5.84. The van der Waals surface area contributed by atoms with Crippen LogP contribution in [0.4, 0.5) is 13.2 Å². The van der Waals surface area contributed by atoms with Crippen LogP contribution in [0.25, 0.3) is 10.9 Å². The van der Waals surface area contributed by atoms with Crippen molar-refractivity contribution < 1.29 is 13.2 Å². The van der Waals surface area contributed by atoms with Gasteiger partial charge in [-0.05, 0) is 48.4 Å². The Morgan fingerprint density at radius 3 is 2.58 bits per heavy atom. The second kappa shape index (κ2) is 7.95. The van der Waals surface area contributed by atoms with E-state index in [2.05, 4.69) is 20.6 Å². The number of fused-ring (bicyclic) bond motifs is 1. The highest BCUT2D eigenvalue weighted by Crippen LogP contribution is 2.19. The van der Waals surface area contributed by atoms with Gasteiger partial charge in [0, 0.05) is 42.8 Å². The number of nitrogens with zero attached hydrogens (tertiary/aromatic N) is 1. The van der Waals surface area contributed by atoms with Gasteiger partial charge in [0.1, 0.15) is 17.5 Å². The maximum absolute atomic E-state index is 13.6. The molecule has 26 heavy (non-hydrogen) atoms. The zero-order valence-electron chi connectivity index (χ0n) is 14.2. The normalized spacial score (nSPS) is 11.8. The summed E-state index contributed by atoms with van der Waals surface area (Å²) in [6.45, 7) is 0.663. The summed E-state index contributed by atoms with van der Waals surface area (Å²) in [4.78, 5) is 7.17. The molecule has 0 bridgehead atoms. The van der Waals surface area contributed by atoms with Crippen molar-refractivity contribution in [3.05, 3.63) is 71.2 Å². The van der Waals surface area contributed by atoms with Crippen LogP contribution in [0.5, 0.6) is 0 Å². The Labute approximate surface area is 149 Å². The molecule has 0 spiro atoms. The lowest BCUT2D eigenvalue weighted by Gasteiger charge is -2.12. The summed E-state index contributed by atoms with van der Waals surface area (Å²) in [6.07, 6.45) is 2.50. The van der Waals surface area contributed by atoms with E-state index in [-0.39, 0.29) is 17.9 Å². The summed E-state index contributed by atoms with van der Waals surface area (Å²) in [7, 11) is 1.60. The monoisotopic (exact) mass is 360 g/mol. The molecular weight excluding hydrogens is 341 g/mol. The van der Waals surface area contributed by atoms with Crippen molar-refractivity contribution in [2.45, 2.75) is 13.0 Å². The zero-order valence-corrected chi connectivity index (χ0v) is 14.2. The van der Waals surface area contributed by atoms with Gasteiger partial charge in [0.15, 0.2) is 5.96 Å². The van der Waals surface area contributed by atoms with Crippen molar-refractivity contribution in [3.8, 4) is 0 Å². The molecule has 0 unspecified atom stereocenters. The van der Waals surface area contributed by atoms with E-state index in [1.54, 1.807) is 13.1 Å². The highest BCUT2D eigenvalue weighted by Gasteiger charge is 2.07. The fourth-order valence-electron chi connectivity index (χ4n) is 2.75. The number of benzene rings is 2.